The number of ether oxygens (including phenoxy) is 1. The van der Waals surface area contributed by atoms with Crippen LogP contribution in [-0.4, -0.2) is 12.4 Å². The van der Waals surface area contributed by atoms with E-state index in [9.17, 15) is 4.79 Å². The molecule has 0 spiro atoms. The van der Waals surface area contributed by atoms with Gasteiger partial charge in [-0.2, -0.15) is 0 Å². The molecule has 3 heteroatoms. The first-order valence-electron chi connectivity index (χ1n) is 6.03. The first-order chi connectivity index (χ1) is 8.81. The molecule has 18 heavy (non-hydrogen) atoms. The van der Waals surface area contributed by atoms with Crippen molar-refractivity contribution >= 4 is 17.1 Å². The summed E-state index contributed by atoms with van der Waals surface area (Å²) in [6.45, 7) is 2.45. The van der Waals surface area contributed by atoms with Gasteiger partial charge in [0.15, 0.2) is 5.78 Å². The smallest absolute Gasteiger partial charge is 0.171 e. The summed E-state index contributed by atoms with van der Waals surface area (Å²) in [6, 6.07) is 13.6. The van der Waals surface area contributed by atoms with Crippen LogP contribution in [0.3, 0.4) is 0 Å². The van der Waals surface area contributed by atoms with E-state index in [1.807, 2.05) is 54.8 Å². The molecule has 0 aliphatic rings. The minimum Gasteiger partial charge on any atom is -0.366 e. The Bertz CT molecular complexity index is 476. The minimum atomic E-state index is -0.446. The highest BCUT2D eigenvalue weighted by Crippen LogP contribution is 2.21. The van der Waals surface area contributed by atoms with E-state index in [0.717, 1.165) is 10.4 Å². The van der Waals surface area contributed by atoms with Crippen molar-refractivity contribution in [1.29, 1.82) is 0 Å². The summed E-state index contributed by atoms with van der Waals surface area (Å²) in [5.41, 5.74) is 0.931. The molecule has 0 bridgehead atoms. The van der Waals surface area contributed by atoms with Crippen molar-refractivity contribution in [2.75, 3.05) is 6.61 Å². The zero-order valence-electron chi connectivity index (χ0n) is 10.3. The average molecular weight is 260 g/mol. The van der Waals surface area contributed by atoms with Crippen LogP contribution in [0.1, 0.15) is 23.5 Å². The van der Waals surface area contributed by atoms with Crippen molar-refractivity contribution in [2.45, 2.75) is 19.4 Å². The summed E-state index contributed by atoms with van der Waals surface area (Å²) in [5.74, 6) is 0.116. The number of carbonyl (C=O) groups is 1. The van der Waals surface area contributed by atoms with Gasteiger partial charge in [-0.05, 0) is 23.9 Å². The molecule has 0 amide bonds. The fraction of sp³-hybridized carbons (Fsp3) is 0.267. The van der Waals surface area contributed by atoms with Crippen LogP contribution in [0.25, 0.3) is 0 Å². The number of Topliss-reactive ketones (excluding diaryl/α,β-unsaturated/α-hetero) is 1. The Morgan fingerprint density at radius 2 is 2.00 bits per heavy atom. The molecule has 0 radical (unpaired) electrons. The SMILES string of the molecule is CCOC(C(=O)Cc1cccs1)c1ccccc1. The number of hydrogen-bond acceptors (Lipinski definition) is 3. The Morgan fingerprint density at radius 3 is 2.61 bits per heavy atom. The highest BCUT2D eigenvalue weighted by molar-refractivity contribution is 7.10. The van der Waals surface area contributed by atoms with Crippen molar-refractivity contribution < 1.29 is 9.53 Å². The van der Waals surface area contributed by atoms with E-state index >= 15 is 0 Å². The molecule has 0 aliphatic heterocycles. The fourth-order valence-electron chi connectivity index (χ4n) is 1.85. The molecule has 0 N–H and O–H groups in total. The molecule has 2 nitrogen and oxygen atoms in total. The summed E-state index contributed by atoms with van der Waals surface area (Å²) >= 11 is 1.61. The number of rotatable bonds is 6. The largest absolute Gasteiger partial charge is 0.366 e. The predicted octanol–water partition coefficient (Wildman–Crippen LogP) is 3.64. The molecule has 2 rings (SSSR count). The molecule has 0 saturated heterocycles. The Hall–Kier alpha value is -1.45. The highest BCUT2D eigenvalue weighted by Gasteiger charge is 2.20. The molecule has 1 atom stereocenters. The van der Waals surface area contributed by atoms with E-state index in [1.54, 1.807) is 11.3 Å². The molecular weight excluding hydrogens is 244 g/mol. The van der Waals surface area contributed by atoms with Gasteiger partial charge < -0.3 is 4.74 Å². The normalized spacial score (nSPS) is 12.3. The number of carbonyl (C=O) groups excluding carboxylic acids is 1. The van der Waals surface area contributed by atoms with E-state index in [1.165, 1.54) is 0 Å². The molecule has 94 valence electrons. The van der Waals surface area contributed by atoms with Gasteiger partial charge >= 0.3 is 0 Å². The quantitative estimate of drug-likeness (QED) is 0.792. The van der Waals surface area contributed by atoms with Crippen LogP contribution in [0, 0.1) is 0 Å². The second-order valence-corrected chi connectivity index (χ2v) is 5.00. The third kappa shape index (κ3) is 3.28. The van der Waals surface area contributed by atoms with E-state index in [0.29, 0.717) is 13.0 Å². The molecule has 1 unspecified atom stereocenters. The van der Waals surface area contributed by atoms with Gasteiger partial charge in [-0.15, -0.1) is 11.3 Å². The summed E-state index contributed by atoms with van der Waals surface area (Å²) in [5, 5.41) is 1.99. The second kappa shape index (κ2) is 6.47. The Balaban J connectivity index is 2.12. The number of hydrogen-bond donors (Lipinski definition) is 0. The van der Waals surface area contributed by atoms with Crippen LogP contribution in [0.2, 0.25) is 0 Å². The third-order valence-electron chi connectivity index (χ3n) is 2.66. The average Bonchev–Trinajstić information content (AvgIpc) is 2.89. The maximum absolute atomic E-state index is 12.3. The van der Waals surface area contributed by atoms with E-state index in [4.69, 9.17) is 4.74 Å². The maximum Gasteiger partial charge on any atom is 0.171 e. The van der Waals surface area contributed by atoms with E-state index in [2.05, 4.69) is 0 Å². The Labute approximate surface area is 111 Å². The molecule has 1 aromatic heterocycles. The van der Waals surface area contributed by atoms with Crippen LogP contribution < -0.4 is 0 Å². The molecule has 1 heterocycles. The topological polar surface area (TPSA) is 26.3 Å². The molecule has 2 aromatic rings. The van der Waals surface area contributed by atoms with Gasteiger partial charge in [-0.3, -0.25) is 4.79 Å². The van der Waals surface area contributed by atoms with Gasteiger partial charge in [0.05, 0.1) is 0 Å². The summed E-state index contributed by atoms with van der Waals surface area (Å²) in [4.78, 5) is 13.4. The second-order valence-electron chi connectivity index (χ2n) is 3.97. The lowest BCUT2D eigenvalue weighted by Gasteiger charge is -2.15. The van der Waals surface area contributed by atoms with Crippen LogP contribution in [-0.2, 0) is 16.0 Å². The van der Waals surface area contributed by atoms with Crippen molar-refractivity contribution in [2.24, 2.45) is 0 Å². The first kappa shape index (κ1) is 13.0. The Kier molecular flexibility index (Phi) is 4.67. The molecule has 1 aromatic carbocycles. The van der Waals surface area contributed by atoms with Crippen molar-refractivity contribution in [1.82, 2.24) is 0 Å². The molecule has 0 aliphatic carbocycles. The van der Waals surface area contributed by atoms with E-state index in [-0.39, 0.29) is 5.78 Å². The number of ketones is 1. The predicted molar refractivity (Wildman–Crippen MR) is 73.8 cm³/mol. The van der Waals surface area contributed by atoms with Gasteiger partial charge in [0.25, 0.3) is 0 Å². The fourth-order valence-corrected chi connectivity index (χ4v) is 2.56. The van der Waals surface area contributed by atoms with E-state index < -0.39 is 6.10 Å². The lowest BCUT2D eigenvalue weighted by atomic mass is 10.0. The zero-order chi connectivity index (χ0) is 12.8. The molecule has 0 fully saturated rings. The first-order valence-corrected chi connectivity index (χ1v) is 6.91. The number of benzene rings is 1. The lowest BCUT2D eigenvalue weighted by Crippen LogP contribution is -2.17. The van der Waals surface area contributed by atoms with Crippen molar-refractivity contribution in [3.8, 4) is 0 Å². The molecule has 0 saturated carbocycles. The Morgan fingerprint density at radius 1 is 1.22 bits per heavy atom. The van der Waals surface area contributed by atoms with Crippen molar-refractivity contribution in [3.05, 3.63) is 58.3 Å². The monoisotopic (exact) mass is 260 g/mol. The van der Waals surface area contributed by atoms with Crippen molar-refractivity contribution in [3.63, 3.8) is 0 Å². The highest BCUT2D eigenvalue weighted by atomic mass is 32.1. The van der Waals surface area contributed by atoms with Gasteiger partial charge in [0, 0.05) is 17.9 Å². The standard InChI is InChI=1S/C15H16O2S/c1-2-17-15(12-7-4-3-5-8-12)14(16)11-13-9-6-10-18-13/h3-10,15H,2,11H2,1H3. The van der Waals surface area contributed by atoms with Crippen LogP contribution >= 0.6 is 11.3 Å². The lowest BCUT2D eigenvalue weighted by molar-refractivity contribution is -0.130. The van der Waals surface area contributed by atoms with Gasteiger partial charge in [-0.25, -0.2) is 0 Å². The summed E-state index contributed by atoms with van der Waals surface area (Å²) < 4.78 is 5.59. The van der Waals surface area contributed by atoms with Crippen LogP contribution in [0.15, 0.2) is 47.8 Å². The van der Waals surface area contributed by atoms with Crippen LogP contribution in [0.4, 0.5) is 0 Å². The van der Waals surface area contributed by atoms with Crippen LogP contribution in [0.5, 0.6) is 0 Å². The molecular formula is C15H16O2S. The van der Waals surface area contributed by atoms with Gasteiger partial charge in [0.1, 0.15) is 6.10 Å². The zero-order valence-corrected chi connectivity index (χ0v) is 11.2. The van der Waals surface area contributed by atoms with Gasteiger partial charge in [0.2, 0.25) is 0 Å². The van der Waals surface area contributed by atoms with Gasteiger partial charge in [-0.1, -0.05) is 36.4 Å². The minimum absolute atomic E-state index is 0.116. The maximum atomic E-state index is 12.3. The summed E-state index contributed by atoms with van der Waals surface area (Å²) in [6.07, 6.45) is -0.00432. The summed E-state index contributed by atoms with van der Waals surface area (Å²) in [7, 11) is 0. The number of thiophene rings is 1. The third-order valence-corrected chi connectivity index (χ3v) is 3.53.